The molecule has 2 heterocycles. The number of hydrogen-bond acceptors (Lipinski definition) is 7. The Morgan fingerprint density at radius 1 is 1.23 bits per heavy atom. The quantitative estimate of drug-likeness (QED) is 0.395. The maximum Gasteiger partial charge on any atom is 0.341 e. The molecule has 2 aromatic rings. The van der Waals surface area contributed by atoms with E-state index in [-0.39, 0.29) is 11.7 Å². The fourth-order valence-electron chi connectivity index (χ4n) is 3.91. The summed E-state index contributed by atoms with van der Waals surface area (Å²) in [4.78, 5) is 25.8. The molecule has 0 aromatic carbocycles. The largest absolute Gasteiger partial charge is 0.462 e. The van der Waals surface area contributed by atoms with Gasteiger partial charge in [-0.25, -0.2) is 4.79 Å². The van der Waals surface area contributed by atoms with Gasteiger partial charge in [0.15, 0.2) is 5.16 Å². The van der Waals surface area contributed by atoms with E-state index in [2.05, 4.69) is 27.0 Å². The number of amides is 1. The van der Waals surface area contributed by atoms with Crippen LogP contribution >= 0.6 is 23.1 Å². The fourth-order valence-corrected chi connectivity index (χ4v) is 5.73. The maximum atomic E-state index is 12.6. The van der Waals surface area contributed by atoms with Crippen LogP contribution < -0.4 is 5.32 Å². The van der Waals surface area contributed by atoms with Crippen LogP contribution in [0.15, 0.2) is 11.2 Å². The molecule has 0 bridgehead atoms. The lowest BCUT2D eigenvalue weighted by Gasteiger charge is -2.21. The minimum atomic E-state index is -0.403. The molecule has 2 aromatic heterocycles. The van der Waals surface area contributed by atoms with Gasteiger partial charge in [0.1, 0.15) is 10.8 Å². The predicted octanol–water partition coefficient (Wildman–Crippen LogP) is 4.95. The lowest BCUT2D eigenvalue weighted by atomic mass is 9.87. The molecule has 7 nitrogen and oxygen atoms in total. The summed E-state index contributed by atoms with van der Waals surface area (Å²) in [5, 5.41) is 13.0. The third-order valence-corrected chi connectivity index (χ3v) is 7.68. The van der Waals surface area contributed by atoms with Crippen molar-refractivity contribution in [2.75, 3.05) is 17.7 Å². The molecule has 170 valence electrons. The van der Waals surface area contributed by atoms with Crippen LogP contribution in [0.25, 0.3) is 0 Å². The smallest absolute Gasteiger partial charge is 0.341 e. The van der Waals surface area contributed by atoms with E-state index in [1.165, 1.54) is 55.2 Å². The van der Waals surface area contributed by atoms with Gasteiger partial charge in [-0.05, 0) is 32.3 Å². The first-order chi connectivity index (χ1) is 15.0. The Hall–Kier alpha value is -1.87. The van der Waals surface area contributed by atoms with E-state index in [9.17, 15) is 9.59 Å². The minimum Gasteiger partial charge on any atom is -0.462 e. The average Bonchev–Trinajstić information content (AvgIpc) is 3.36. The molecule has 1 aliphatic carbocycles. The molecule has 1 saturated carbocycles. The SMILES string of the molecule is CCOC(=O)c1cc(CC)sc1NC(=O)CSc1nnc(CC2CCCCC2)n1CC. The minimum absolute atomic E-state index is 0.167. The molecule has 1 aliphatic rings. The molecule has 0 atom stereocenters. The first kappa shape index (κ1) is 23.8. The van der Waals surface area contributed by atoms with Crippen molar-refractivity contribution in [3.63, 3.8) is 0 Å². The molecule has 0 unspecified atom stereocenters. The van der Waals surface area contributed by atoms with Crippen molar-refractivity contribution in [1.82, 2.24) is 14.8 Å². The van der Waals surface area contributed by atoms with Crippen LogP contribution in [0.3, 0.4) is 0 Å². The second-order valence-electron chi connectivity index (χ2n) is 7.72. The first-order valence-corrected chi connectivity index (χ1v) is 13.0. The van der Waals surface area contributed by atoms with E-state index in [0.717, 1.165) is 35.2 Å². The zero-order valence-electron chi connectivity index (χ0n) is 18.6. The van der Waals surface area contributed by atoms with Crippen LogP contribution in [0.4, 0.5) is 5.00 Å². The van der Waals surface area contributed by atoms with Crippen molar-refractivity contribution in [2.45, 2.75) is 77.4 Å². The molecule has 31 heavy (non-hydrogen) atoms. The van der Waals surface area contributed by atoms with Crippen LogP contribution in [-0.4, -0.2) is 39.0 Å². The Balaban J connectivity index is 1.61. The molecule has 0 radical (unpaired) electrons. The highest BCUT2D eigenvalue weighted by molar-refractivity contribution is 7.99. The van der Waals surface area contributed by atoms with E-state index in [4.69, 9.17) is 4.74 Å². The van der Waals surface area contributed by atoms with Gasteiger partial charge in [0.05, 0.1) is 17.9 Å². The van der Waals surface area contributed by atoms with Crippen LogP contribution in [0, 0.1) is 5.92 Å². The van der Waals surface area contributed by atoms with Crippen LogP contribution in [-0.2, 0) is 28.9 Å². The zero-order chi connectivity index (χ0) is 22.2. The van der Waals surface area contributed by atoms with Gasteiger partial charge >= 0.3 is 5.97 Å². The Morgan fingerprint density at radius 2 is 2.00 bits per heavy atom. The van der Waals surface area contributed by atoms with Crippen molar-refractivity contribution in [3.05, 3.63) is 22.3 Å². The number of nitrogens with zero attached hydrogens (tertiary/aromatic N) is 3. The summed E-state index contributed by atoms with van der Waals surface area (Å²) >= 11 is 2.80. The lowest BCUT2D eigenvalue weighted by Crippen LogP contribution is -2.17. The summed E-state index contributed by atoms with van der Waals surface area (Å²) in [6.45, 7) is 6.96. The number of rotatable bonds is 10. The number of hydrogen-bond donors (Lipinski definition) is 1. The molecule has 1 fully saturated rings. The lowest BCUT2D eigenvalue weighted by molar-refractivity contribution is -0.113. The number of aromatic nitrogens is 3. The topological polar surface area (TPSA) is 86.1 Å². The van der Waals surface area contributed by atoms with Gasteiger partial charge in [-0.1, -0.05) is 50.8 Å². The number of aryl methyl sites for hydroxylation is 1. The Morgan fingerprint density at radius 3 is 2.68 bits per heavy atom. The van der Waals surface area contributed by atoms with Crippen LogP contribution in [0.5, 0.6) is 0 Å². The molecule has 1 N–H and O–H groups in total. The maximum absolute atomic E-state index is 12.6. The normalized spacial score (nSPS) is 14.5. The number of thioether (sulfide) groups is 1. The van der Waals surface area contributed by atoms with E-state index in [0.29, 0.717) is 23.1 Å². The van der Waals surface area contributed by atoms with Crippen molar-refractivity contribution < 1.29 is 14.3 Å². The van der Waals surface area contributed by atoms with Gasteiger partial charge < -0.3 is 14.6 Å². The van der Waals surface area contributed by atoms with Gasteiger partial charge in [-0.2, -0.15) is 0 Å². The molecular formula is C22H32N4O3S2. The van der Waals surface area contributed by atoms with E-state index in [1.807, 2.05) is 6.92 Å². The molecule has 0 spiro atoms. The van der Waals surface area contributed by atoms with Crippen molar-refractivity contribution in [1.29, 1.82) is 0 Å². The fraction of sp³-hybridized carbons (Fsp3) is 0.636. The predicted molar refractivity (Wildman–Crippen MR) is 125 cm³/mol. The summed E-state index contributed by atoms with van der Waals surface area (Å²) in [5.74, 6) is 1.35. The number of anilines is 1. The second kappa shape index (κ2) is 11.7. The Bertz CT molecular complexity index is 887. The summed E-state index contributed by atoms with van der Waals surface area (Å²) in [7, 11) is 0. The summed E-state index contributed by atoms with van der Waals surface area (Å²) in [6.07, 6.45) is 8.26. The number of ether oxygens (including phenoxy) is 1. The first-order valence-electron chi connectivity index (χ1n) is 11.2. The highest BCUT2D eigenvalue weighted by Gasteiger charge is 2.21. The highest BCUT2D eigenvalue weighted by Crippen LogP contribution is 2.30. The van der Waals surface area contributed by atoms with Crippen LogP contribution in [0.2, 0.25) is 0 Å². The monoisotopic (exact) mass is 464 g/mol. The van der Waals surface area contributed by atoms with Gasteiger partial charge in [0, 0.05) is 17.8 Å². The van der Waals surface area contributed by atoms with E-state index >= 15 is 0 Å². The van der Waals surface area contributed by atoms with Gasteiger partial charge in [0.25, 0.3) is 0 Å². The summed E-state index contributed by atoms with van der Waals surface area (Å²) < 4.78 is 7.24. The standard InChI is InChI=1S/C22H32N4O3S2/c1-4-16-13-17(21(28)29-6-3)20(31-16)23-19(27)14-30-22-25-24-18(26(22)5-2)12-15-10-8-7-9-11-15/h13,15H,4-12,14H2,1-3H3,(H,23,27). The number of carbonyl (C=O) groups is 2. The third kappa shape index (κ3) is 6.32. The van der Waals surface area contributed by atoms with E-state index in [1.54, 1.807) is 13.0 Å². The van der Waals surface area contributed by atoms with Crippen molar-refractivity contribution in [3.8, 4) is 0 Å². The summed E-state index contributed by atoms with van der Waals surface area (Å²) in [6, 6.07) is 1.80. The highest BCUT2D eigenvalue weighted by atomic mass is 32.2. The van der Waals surface area contributed by atoms with Crippen molar-refractivity contribution >= 4 is 40.0 Å². The molecule has 9 heteroatoms. The number of nitrogens with one attached hydrogen (secondary N) is 1. The molecule has 0 saturated heterocycles. The zero-order valence-corrected chi connectivity index (χ0v) is 20.2. The summed E-state index contributed by atoms with van der Waals surface area (Å²) in [5.41, 5.74) is 0.425. The second-order valence-corrected chi connectivity index (χ2v) is 9.80. The molecule has 3 rings (SSSR count). The average molecular weight is 465 g/mol. The van der Waals surface area contributed by atoms with Crippen molar-refractivity contribution in [2.24, 2.45) is 5.92 Å². The number of esters is 1. The Kier molecular flexibility index (Phi) is 8.95. The third-order valence-electron chi connectivity index (χ3n) is 5.52. The van der Waals surface area contributed by atoms with E-state index < -0.39 is 5.97 Å². The van der Waals surface area contributed by atoms with Crippen LogP contribution in [0.1, 0.15) is 73.9 Å². The molecule has 1 amide bonds. The Labute approximate surface area is 192 Å². The molecular weight excluding hydrogens is 432 g/mol. The van der Waals surface area contributed by atoms with Gasteiger partial charge in [-0.15, -0.1) is 21.5 Å². The molecule has 0 aliphatic heterocycles. The number of carbonyl (C=O) groups excluding carboxylic acids is 2. The van der Waals surface area contributed by atoms with Gasteiger partial charge in [-0.3, -0.25) is 4.79 Å². The number of thiophene rings is 1. The van der Waals surface area contributed by atoms with Gasteiger partial charge in [0.2, 0.25) is 5.91 Å².